The number of aromatic nitrogens is 4. The molecule has 3 aliphatic rings. The number of rotatable bonds is 22. The van der Waals surface area contributed by atoms with Crippen LogP contribution < -0.4 is 15.4 Å². The molecule has 11 heteroatoms. The van der Waals surface area contributed by atoms with Gasteiger partial charge in [0, 0.05) is 89.9 Å². The molecule has 10 nitrogen and oxygen atoms in total. The van der Waals surface area contributed by atoms with Gasteiger partial charge in [0.2, 0.25) is 0 Å². The minimum absolute atomic E-state index is 0.103. The Morgan fingerprint density at radius 1 is 0.431 bits per heavy atom. The molecule has 5 heterocycles. The first-order valence-corrected chi connectivity index (χ1v) is 37.0. The SMILES string of the molecule is CC(C)(C)c1cc(-c2c3nc(c(-c4ccc(C(=O)Nc5ccc(C6C=CC=C6)c(OCCCCCCCCCCCS)c5)cc4)c4ccc([nH]4)c(-c4cc(C(C)(C)C)cc(C(C)(C)C)c4)c4nc(c(-c5ccc(C(=O)Nc6ccc(C=O)cc6)cc5)c5ccc2[nH]5)C=C4)C=C3)cc(C(C)(C)C)c1. The number of nitrogens with zero attached hydrogens (tertiary/aromatic N) is 2. The van der Waals surface area contributed by atoms with E-state index in [2.05, 4.69) is 232 Å². The number of aldehydes is 1. The van der Waals surface area contributed by atoms with E-state index in [1.54, 1.807) is 24.3 Å². The Morgan fingerprint density at radius 3 is 1.18 bits per heavy atom. The lowest BCUT2D eigenvalue weighted by Gasteiger charge is -2.26. The number of unbranched alkanes of at least 4 members (excludes halogenated alkanes) is 8. The number of ether oxygens (including phenoxy) is 1. The highest BCUT2D eigenvalue weighted by Crippen LogP contribution is 2.44. The first-order chi connectivity index (χ1) is 48.8. The zero-order valence-electron chi connectivity index (χ0n) is 61.5. The summed E-state index contributed by atoms with van der Waals surface area (Å²) in [4.78, 5) is 59.2. The van der Waals surface area contributed by atoms with Crippen molar-refractivity contribution in [3.8, 4) is 50.3 Å². The lowest BCUT2D eigenvalue weighted by molar-refractivity contribution is 0.101. The molecule has 0 saturated heterocycles. The first-order valence-electron chi connectivity index (χ1n) is 36.4. The Kier molecular flexibility index (Phi) is 21.4. The lowest BCUT2D eigenvalue weighted by Crippen LogP contribution is -2.16. The number of thiol groups is 1. The predicted molar refractivity (Wildman–Crippen MR) is 432 cm³/mol. The normalized spacial score (nSPS) is 13.1. The Balaban J connectivity index is 1.01. The van der Waals surface area contributed by atoms with Crippen molar-refractivity contribution in [3.05, 3.63) is 243 Å². The fraction of sp³-hybridized carbons (Fsp3) is 0.308. The summed E-state index contributed by atoms with van der Waals surface area (Å²) in [5, 5.41) is 6.23. The van der Waals surface area contributed by atoms with Crippen LogP contribution in [0.4, 0.5) is 11.4 Å². The number of nitrogens with one attached hydrogen (secondary N) is 4. The van der Waals surface area contributed by atoms with E-state index in [1.807, 2.05) is 60.7 Å². The van der Waals surface area contributed by atoms with Crippen LogP contribution in [0.25, 0.3) is 90.9 Å². The van der Waals surface area contributed by atoms with Crippen molar-refractivity contribution < 1.29 is 19.1 Å². The number of benzene rings is 6. The number of hydrogen-bond donors (Lipinski definition) is 5. The van der Waals surface area contributed by atoms with Crippen LogP contribution in [0.2, 0.25) is 0 Å². The second-order valence-electron chi connectivity index (χ2n) is 31.7. The van der Waals surface area contributed by atoms with Gasteiger partial charge in [-0.1, -0.05) is 219 Å². The second kappa shape index (κ2) is 30.4. The van der Waals surface area contributed by atoms with E-state index in [-0.39, 0.29) is 39.4 Å². The van der Waals surface area contributed by atoms with Gasteiger partial charge in [0.1, 0.15) is 12.0 Å². The fourth-order valence-corrected chi connectivity index (χ4v) is 13.8. The van der Waals surface area contributed by atoms with E-state index in [0.717, 1.165) is 126 Å². The maximum Gasteiger partial charge on any atom is 0.255 e. The molecule has 0 spiro atoms. The Hall–Kier alpha value is -9.84. The van der Waals surface area contributed by atoms with Crippen molar-refractivity contribution in [1.82, 2.24) is 19.9 Å². The molecule has 1 aliphatic carbocycles. The third kappa shape index (κ3) is 16.7. The van der Waals surface area contributed by atoms with Crippen LogP contribution in [0.3, 0.4) is 0 Å². The highest BCUT2D eigenvalue weighted by molar-refractivity contribution is 7.80. The van der Waals surface area contributed by atoms with Gasteiger partial charge < -0.3 is 25.3 Å². The van der Waals surface area contributed by atoms with Gasteiger partial charge in [-0.25, -0.2) is 9.97 Å². The van der Waals surface area contributed by atoms with Crippen LogP contribution in [0, 0.1) is 0 Å². The van der Waals surface area contributed by atoms with Crippen molar-refractivity contribution in [2.24, 2.45) is 0 Å². The van der Waals surface area contributed by atoms with Crippen LogP contribution in [0.15, 0.2) is 176 Å². The van der Waals surface area contributed by atoms with E-state index >= 15 is 0 Å². The Bertz CT molecular complexity index is 4770. The average molecular weight is 1370 g/mol. The minimum atomic E-state index is -0.273. The summed E-state index contributed by atoms with van der Waals surface area (Å²) in [7, 11) is 0. The Labute approximate surface area is 608 Å². The van der Waals surface area contributed by atoms with Crippen LogP contribution in [0.1, 0.15) is 228 Å². The number of amides is 2. The van der Waals surface area contributed by atoms with Crippen LogP contribution >= 0.6 is 12.6 Å². The summed E-state index contributed by atoms with van der Waals surface area (Å²) >= 11 is 4.36. The molecule has 102 heavy (non-hydrogen) atoms. The largest absolute Gasteiger partial charge is 0.493 e. The summed E-state index contributed by atoms with van der Waals surface area (Å²) in [5.74, 6) is 1.36. The van der Waals surface area contributed by atoms with E-state index in [9.17, 15) is 14.4 Å². The number of carbonyl (C=O) groups is 3. The molecule has 0 fully saturated rings. The van der Waals surface area contributed by atoms with Crippen molar-refractivity contribution in [2.75, 3.05) is 23.0 Å². The van der Waals surface area contributed by atoms with Gasteiger partial charge in [0.25, 0.3) is 11.8 Å². The monoisotopic (exact) mass is 1370 g/mol. The van der Waals surface area contributed by atoms with Gasteiger partial charge in [0.15, 0.2) is 0 Å². The van der Waals surface area contributed by atoms with E-state index in [0.29, 0.717) is 34.7 Å². The van der Waals surface area contributed by atoms with Gasteiger partial charge in [-0.3, -0.25) is 14.4 Å². The number of H-pyrrole nitrogens is 2. The highest BCUT2D eigenvalue weighted by Gasteiger charge is 2.27. The standard InChI is InChI=1S/C91H98N6O4S/c1-88(2,3)66-50-64(51-67(54-66)89(4,5)6)84-77-44-40-73(94-77)82(60-28-32-62(33-29-60)86(99)92-70-36-26-58(57-98)27-37-70)74-41-45-78(95-74)85(65-52-68(90(7,8)9)55-69(53-65)91(10,11)12)80-47-43-76(97-80)83(75-42-46-79(84)96-75)61-30-34-63(35-31-61)87(100)93-71-38-39-72(59-24-20-21-25-59)81(56-71)101-48-22-18-16-14-13-15-17-19-23-49-102/h20-21,24-47,50-57,59,94,97,102H,13-19,22-23,48-49H2,1-12H3,(H,92,99)(H,93,100). The van der Waals surface area contributed by atoms with Gasteiger partial charge >= 0.3 is 0 Å². The summed E-state index contributed by atoms with van der Waals surface area (Å²) in [6.07, 6.45) is 28.7. The third-order valence-electron chi connectivity index (χ3n) is 19.8. The molecule has 0 unspecified atom stereocenters. The predicted octanol–water partition coefficient (Wildman–Crippen LogP) is 23.9. The molecule has 522 valence electrons. The second-order valence-corrected chi connectivity index (χ2v) is 32.2. The molecule has 6 aromatic carbocycles. The summed E-state index contributed by atoms with van der Waals surface area (Å²) in [6, 6.07) is 51.0. The van der Waals surface area contributed by atoms with Gasteiger partial charge in [-0.2, -0.15) is 12.6 Å². The molecule has 0 radical (unpaired) electrons. The van der Waals surface area contributed by atoms with Crippen molar-refractivity contribution in [1.29, 1.82) is 0 Å². The number of fused-ring (bicyclic) bond motifs is 8. The van der Waals surface area contributed by atoms with Crippen LogP contribution in [-0.4, -0.2) is 50.4 Å². The van der Waals surface area contributed by atoms with Crippen molar-refractivity contribution in [3.63, 3.8) is 0 Å². The molecule has 3 aromatic heterocycles. The molecule has 12 rings (SSSR count). The number of carbonyl (C=O) groups excluding carboxylic acids is 3. The van der Waals surface area contributed by atoms with Gasteiger partial charge in [-0.05, 0) is 188 Å². The van der Waals surface area contributed by atoms with E-state index < -0.39 is 0 Å². The number of hydrogen-bond acceptors (Lipinski definition) is 7. The minimum Gasteiger partial charge on any atom is -0.493 e. The highest BCUT2D eigenvalue weighted by atomic mass is 32.1. The molecule has 9 aromatic rings. The maximum atomic E-state index is 14.5. The molecular weight excluding hydrogens is 1270 g/mol. The molecule has 2 aliphatic heterocycles. The smallest absolute Gasteiger partial charge is 0.255 e. The maximum absolute atomic E-state index is 14.5. The third-order valence-corrected chi connectivity index (χ3v) is 20.1. The molecule has 4 N–H and O–H groups in total. The summed E-state index contributed by atoms with van der Waals surface area (Å²) in [6.45, 7) is 27.8. The van der Waals surface area contributed by atoms with Gasteiger partial charge in [-0.15, -0.1) is 0 Å². The molecule has 0 saturated carbocycles. The van der Waals surface area contributed by atoms with Crippen LogP contribution in [-0.2, 0) is 21.7 Å². The summed E-state index contributed by atoms with van der Waals surface area (Å²) < 4.78 is 6.57. The van der Waals surface area contributed by atoms with Crippen molar-refractivity contribution in [2.45, 2.75) is 168 Å². The molecular formula is C91H98N6O4S. The fourth-order valence-electron chi connectivity index (χ4n) is 13.6. The molecule has 0 atom stereocenters. The van der Waals surface area contributed by atoms with Crippen LogP contribution in [0.5, 0.6) is 5.75 Å². The molecule has 8 bridgehead atoms. The molecule has 2 amide bonds. The number of aromatic amines is 2. The van der Waals surface area contributed by atoms with Crippen molar-refractivity contribution >= 4 is 88.5 Å². The zero-order chi connectivity index (χ0) is 72.1. The Morgan fingerprint density at radius 2 is 0.794 bits per heavy atom. The number of anilines is 2. The summed E-state index contributed by atoms with van der Waals surface area (Å²) in [5.41, 5.74) is 21.7. The number of allylic oxidation sites excluding steroid dienone is 4. The van der Waals surface area contributed by atoms with Gasteiger partial charge in [0.05, 0.1) is 29.4 Å². The van der Waals surface area contributed by atoms with E-state index in [4.69, 9.17) is 14.7 Å². The quantitative estimate of drug-likeness (QED) is 0.0260. The first kappa shape index (κ1) is 72.0. The topological polar surface area (TPSA) is 142 Å². The average Bonchev–Trinajstić information content (AvgIpc) is 1.27. The van der Waals surface area contributed by atoms with E-state index in [1.165, 1.54) is 67.2 Å². The zero-order valence-corrected chi connectivity index (χ0v) is 62.4. The lowest BCUT2D eigenvalue weighted by atomic mass is 9.78.